The fourth-order valence-corrected chi connectivity index (χ4v) is 1.37. The number of aliphatic hydroxyl groups is 1. The van der Waals surface area contributed by atoms with Gasteiger partial charge in [0, 0.05) is 23.3 Å². The van der Waals surface area contributed by atoms with E-state index in [1.54, 1.807) is 6.92 Å². The summed E-state index contributed by atoms with van der Waals surface area (Å²) >= 11 is 0. The van der Waals surface area contributed by atoms with E-state index in [-0.39, 0.29) is 5.54 Å². The Morgan fingerprint density at radius 1 is 1.50 bits per heavy atom. The van der Waals surface area contributed by atoms with Gasteiger partial charge < -0.3 is 10.4 Å². The highest BCUT2D eigenvalue weighted by molar-refractivity contribution is 5.22. The fraction of sp³-hybridized carbons (Fsp3) is 0.583. The van der Waals surface area contributed by atoms with Crippen molar-refractivity contribution in [3.05, 3.63) is 29.3 Å². The molecule has 0 amide bonds. The maximum Gasteiger partial charge on any atom is 0.141 e. The van der Waals surface area contributed by atoms with Crippen LogP contribution in [0.15, 0.2) is 12.3 Å². The van der Waals surface area contributed by atoms with Crippen LogP contribution in [0.25, 0.3) is 0 Å². The van der Waals surface area contributed by atoms with Crippen LogP contribution in [0.4, 0.5) is 4.39 Å². The van der Waals surface area contributed by atoms with Crippen molar-refractivity contribution in [3.63, 3.8) is 0 Å². The zero-order valence-electron chi connectivity index (χ0n) is 10.2. The minimum absolute atomic E-state index is 0.0738. The Labute approximate surface area is 95.7 Å². The Balaban J connectivity index is 2.73. The minimum Gasteiger partial charge on any atom is -0.387 e. The summed E-state index contributed by atoms with van der Waals surface area (Å²) in [5.41, 5.74) is 1.12. The number of hydrogen-bond donors (Lipinski definition) is 2. The van der Waals surface area contributed by atoms with Crippen LogP contribution < -0.4 is 5.32 Å². The molecule has 1 atom stereocenters. The van der Waals surface area contributed by atoms with E-state index < -0.39 is 11.9 Å². The molecule has 1 rings (SSSR count). The Hall–Kier alpha value is -1.00. The van der Waals surface area contributed by atoms with Gasteiger partial charge >= 0.3 is 0 Å². The van der Waals surface area contributed by atoms with Gasteiger partial charge in [0.2, 0.25) is 0 Å². The van der Waals surface area contributed by atoms with Gasteiger partial charge in [0.1, 0.15) is 5.82 Å². The van der Waals surface area contributed by atoms with Crippen LogP contribution in [0.3, 0.4) is 0 Å². The summed E-state index contributed by atoms with van der Waals surface area (Å²) in [5.74, 6) is -0.421. The molecule has 0 unspecified atom stereocenters. The van der Waals surface area contributed by atoms with E-state index in [1.807, 2.05) is 20.8 Å². The second kappa shape index (κ2) is 4.89. The molecule has 4 heteroatoms. The van der Waals surface area contributed by atoms with Crippen molar-refractivity contribution < 1.29 is 9.50 Å². The number of pyridine rings is 1. The van der Waals surface area contributed by atoms with Gasteiger partial charge in [0.25, 0.3) is 0 Å². The first-order valence-corrected chi connectivity index (χ1v) is 5.35. The molecule has 0 saturated heterocycles. The van der Waals surface area contributed by atoms with Crippen LogP contribution in [0.5, 0.6) is 0 Å². The number of aromatic nitrogens is 1. The molecule has 0 bridgehead atoms. The summed E-state index contributed by atoms with van der Waals surface area (Å²) in [7, 11) is 0. The molecule has 90 valence electrons. The Bertz CT molecular complexity index is 361. The van der Waals surface area contributed by atoms with Crippen molar-refractivity contribution in [1.82, 2.24) is 10.3 Å². The number of rotatable bonds is 3. The number of hydrogen-bond acceptors (Lipinski definition) is 3. The van der Waals surface area contributed by atoms with E-state index >= 15 is 0 Å². The van der Waals surface area contributed by atoms with Crippen LogP contribution in [0.2, 0.25) is 0 Å². The predicted octanol–water partition coefficient (Wildman–Crippen LogP) is 1.95. The number of nitrogens with one attached hydrogen (secondary N) is 1. The molecule has 1 aromatic heterocycles. The van der Waals surface area contributed by atoms with Crippen molar-refractivity contribution in [2.75, 3.05) is 6.54 Å². The molecule has 0 radical (unpaired) electrons. The third-order valence-corrected chi connectivity index (χ3v) is 2.28. The molecule has 1 heterocycles. The Morgan fingerprint density at radius 3 is 2.69 bits per heavy atom. The van der Waals surface area contributed by atoms with E-state index in [9.17, 15) is 9.50 Å². The topological polar surface area (TPSA) is 45.2 Å². The van der Waals surface area contributed by atoms with E-state index in [0.29, 0.717) is 17.8 Å². The van der Waals surface area contributed by atoms with Crippen LogP contribution in [-0.2, 0) is 0 Å². The lowest BCUT2D eigenvalue weighted by Crippen LogP contribution is -2.38. The lowest BCUT2D eigenvalue weighted by atomic mass is 10.1. The Kier molecular flexibility index (Phi) is 3.99. The number of nitrogens with zero attached hydrogens (tertiary/aromatic N) is 1. The maximum absolute atomic E-state index is 13.0. The smallest absolute Gasteiger partial charge is 0.141 e. The third-order valence-electron chi connectivity index (χ3n) is 2.28. The van der Waals surface area contributed by atoms with Gasteiger partial charge in [-0.15, -0.1) is 0 Å². The first-order valence-electron chi connectivity index (χ1n) is 5.35. The summed E-state index contributed by atoms with van der Waals surface area (Å²) in [6, 6.07) is 1.33. The van der Waals surface area contributed by atoms with Gasteiger partial charge in [-0.3, -0.25) is 4.98 Å². The molecule has 0 aliphatic carbocycles. The van der Waals surface area contributed by atoms with Gasteiger partial charge in [0.15, 0.2) is 0 Å². The third kappa shape index (κ3) is 3.87. The average molecular weight is 226 g/mol. The zero-order chi connectivity index (χ0) is 12.3. The summed E-state index contributed by atoms with van der Waals surface area (Å²) in [5, 5.41) is 13.1. The quantitative estimate of drug-likeness (QED) is 0.828. The van der Waals surface area contributed by atoms with Gasteiger partial charge in [0.05, 0.1) is 12.3 Å². The second-order valence-corrected chi connectivity index (χ2v) is 4.97. The van der Waals surface area contributed by atoms with Crippen LogP contribution >= 0.6 is 0 Å². The maximum atomic E-state index is 13.0. The number of aliphatic hydroxyl groups excluding tert-OH is 1. The zero-order valence-corrected chi connectivity index (χ0v) is 10.2. The minimum atomic E-state index is -0.734. The average Bonchev–Trinajstić information content (AvgIpc) is 2.17. The van der Waals surface area contributed by atoms with Gasteiger partial charge in [-0.1, -0.05) is 0 Å². The summed E-state index contributed by atoms with van der Waals surface area (Å²) in [6.45, 7) is 8.17. The molecule has 0 aliphatic heterocycles. The highest BCUT2D eigenvalue weighted by Crippen LogP contribution is 2.17. The van der Waals surface area contributed by atoms with Gasteiger partial charge in [-0.2, -0.15) is 0 Å². The Morgan fingerprint density at radius 2 is 2.12 bits per heavy atom. The SMILES string of the molecule is Cc1ncc(F)cc1[C@@H](O)CNC(C)(C)C. The van der Waals surface area contributed by atoms with Gasteiger partial charge in [-0.25, -0.2) is 4.39 Å². The molecule has 0 spiro atoms. The molecule has 0 aromatic carbocycles. The molecule has 3 nitrogen and oxygen atoms in total. The molecular weight excluding hydrogens is 207 g/mol. The molecule has 0 saturated carbocycles. The highest BCUT2D eigenvalue weighted by atomic mass is 19.1. The second-order valence-electron chi connectivity index (χ2n) is 4.97. The number of β-amino-alcohol motifs (C(OH)–C–C–N with tert-alkyl or cyclic N) is 1. The molecule has 0 fully saturated rings. The van der Waals surface area contributed by atoms with E-state index in [1.165, 1.54) is 6.07 Å². The van der Waals surface area contributed by atoms with E-state index in [2.05, 4.69) is 10.3 Å². The molecule has 2 N–H and O–H groups in total. The van der Waals surface area contributed by atoms with Crippen LogP contribution in [0, 0.1) is 12.7 Å². The summed E-state index contributed by atoms with van der Waals surface area (Å²) in [4.78, 5) is 3.88. The van der Waals surface area contributed by atoms with E-state index in [4.69, 9.17) is 0 Å². The van der Waals surface area contributed by atoms with Crippen LogP contribution in [0.1, 0.15) is 38.1 Å². The number of halogens is 1. The molecular formula is C12H19FN2O. The van der Waals surface area contributed by atoms with Crippen molar-refractivity contribution in [2.45, 2.75) is 39.3 Å². The van der Waals surface area contributed by atoms with Crippen molar-refractivity contribution in [1.29, 1.82) is 0 Å². The highest BCUT2D eigenvalue weighted by Gasteiger charge is 2.16. The normalized spacial score (nSPS) is 13.9. The van der Waals surface area contributed by atoms with Crippen LogP contribution in [-0.4, -0.2) is 22.2 Å². The van der Waals surface area contributed by atoms with Gasteiger partial charge in [-0.05, 0) is 33.8 Å². The van der Waals surface area contributed by atoms with Crippen molar-refractivity contribution >= 4 is 0 Å². The summed E-state index contributed by atoms with van der Waals surface area (Å²) < 4.78 is 13.0. The molecule has 16 heavy (non-hydrogen) atoms. The fourth-order valence-electron chi connectivity index (χ4n) is 1.37. The van der Waals surface area contributed by atoms with Crippen molar-refractivity contribution in [3.8, 4) is 0 Å². The molecule has 1 aromatic rings. The monoisotopic (exact) mass is 226 g/mol. The largest absolute Gasteiger partial charge is 0.387 e. The van der Waals surface area contributed by atoms with Crippen molar-refractivity contribution in [2.24, 2.45) is 0 Å². The lowest BCUT2D eigenvalue weighted by molar-refractivity contribution is 0.162. The van der Waals surface area contributed by atoms with E-state index in [0.717, 1.165) is 6.20 Å². The first-order chi connectivity index (χ1) is 7.29. The lowest BCUT2D eigenvalue weighted by Gasteiger charge is -2.23. The molecule has 0 aliphatic rings. The summed E-state index contributed by atoms with van der Waals surface area (Å²) in [6.07, 6.45) is 0.422. The predicted molar refractivity (Wildman–Crippen MR) is 61.6 cm³/mol. The first kappa shape index (κ1) is 13.1. The number of aryl methyl sites for hydroxylation is 1. The standard InChI is InChI=1S/C12H19FN2O/c1-8-10(5-9(13)6-14-8)11(16)7-15-12(2,3)4/h5-6,11,15-16H,7H2,1-4H3/t11-/m0/s1.